The molecule has 112 valence electrons. The fourth-order valence-corrected chi connectivity index (χ4v) is 2.79. The number of benzene rings is 1. The van der Waals surface area contributed by atoms with Gasteiger partial charge in [0.05, 0.1) is 17.1 Å². The van der Waals surface area contributed by atoms with Gasteiger partial charge in [-0.3, -0.25) is 9.59 Å². The van der Waals surface area contributed by atoms with Gasteiger partial charge in [-0.2, -0.15) is 0 Å². The second-order valence-electron chi connectivity index (χ2n) is 5.15. The summed E-state index contributed by atoms with van der Waals surface area (Å²) in [5, 5.41) is 5.62. The average Bonchev–Trinajstić information content (AvgIpc) is 2.47. The quantitative estimate of drug-likeness (QED) is 0.681. The summed E-state index contributed by atoms with van der Waals surface area (Å²) in [6.07, 6.45) is 0.686. The molecule has 2 heterocycles. The number of hydrogen-bond acceptors (Lipinski definition) is 5. The van der Waals surface area contributed by atoms with Gasteiger partial charge in [-0.15, -0.1) is 0 Å². The Balaban J connectivity index is 1.99. The van der Waals surface area contributed by atoms with E-state index in [4.69, 9.17) is 10.5 Å². The Morgan fingerprint density at radius 1 is 1.43 bits per heavy atom. The highest BCUT2D eigenvalue weighted by molar-refractivity contribution is 5.98. The number of rotatable bonds is 2. The zero-order valence-electron chi connectivity index (χ0n) is 11.8. The van der Waals surface area contributed by atoms with Gasteiger partial charge in [-0.05, 0) is 12.5 Å². The van der Waals surface area contributed by atoms with E-state index in [-0.39, 0.29) is 24.5 Å². The van der Waals surface area contributed by atoms with Crippen molar-refractivity contribution in [1.29, 1.82) is 0 Å². The van der Waals surface area contributed by atoms with Gasteiger partial charge in [0.25, 0.3) is 5.91 Å². The summed E-state index contributed by atoms with van der Waals surface area (Å²) in [5.41, 5.74) is 7.99. The summed E-state index contributed by atoms with van der Waals surface area (Å²) in [6.45, 7) is 3.22. The highest BCUT2D eigenvalue weighted by atomic mass is 16.5. The number of hydrogen-bond donors (Lipinski definition) is 3. The molecule has 2 amide bonds. The van der Waals surface area contributed by atoms with Gasteiger partial charge in [0.2, 0.25) is 5.91 Å². The predicted molar refractivity (Wildman–Crippen MR) is 79.4 cm³/mol. The van der Waals surface area contributed by atoms with E-state index < -0.39 is 0 Å². The zero-order valence-corrected chi connectivity index (χ0v) is 11.8. The van der Waals surface area contributed by atoms with Gasteiger partial charge in [0, 0.05) is 19.2 Å². The number of nitrogens with one attached hydrogen (secondary N) is 2. The van der Waals surface area contributed by atoms with Crippen LogP contribution in [0.2, 0.25) is 0 Å². The first-order chi connectivity index (χ1) is 10.1. The maximum atomic E-state index is 12.0. The lowest BCUT2D eigenvalue weighted by Gasteiger charge is -2.37. The number of nitrogens with zero attached hydrogens (tertiary/aromatic N) is 1. The van der Waals surface area contributed by atoms with Gasteiger partial charge in [0.1, 0.15) is 11.8 Å². The van der Waals surface area contributed by atoms with Crippen LogP contribution in [0.25, 0.3) is 0 Å². The lowest BCUT2D eigenvalue weighted by atomic mass is 10.1. The van der Waals surface area contributed by atoms with Gasteiger partial charge in [0.15, 0.2) is 6.61 Å². The zero-order chi connectivity index (χ0) is 15.0. The monoisotopic (exact) mass is 290 g/mol. The Morgan fingerprint density at radius 3 is 3.00 bits per heavy atom. The van der Waals surface area contributed by atoms with Crippen molar-refractivity contribution < 1.29 is 14.3 Å². The van der Waals surface area contributed by atoms with Crippen molar-refractivity contribution in [2.45, 2.75) is 19.4 Å². The van der Waals surface area contributed by atoms with Crippen molar-refractivity contribution in [3.8, 4) is 5.75 Å². The van der Waals surface area contributed by atoms with Crippen LogP contribution in [0.3, 0.4) is 0 Å². The normalized spacial score (nSPS) is 21.2. The molecule has 0 spiro atoms. The maximum absolute atomic E-state index is 12.0. The van der Waals surface area contributed by atoms with E-state index in [1.54, 1.807) is 12.1 Å². The van der Waals surface area contributed by atoms with Crippen molar-refractivity contribution in [1.82, 2.24) is 5.32 Å². The van der Waals surface area contributed by atoms with Crippen molar-refractivity contribution in [3.05, 3.63) is 12.1 Å². The number of nitrogens with two attached hydrogens (primary N) is 1. The first-order valence-corrected chi connectivity index (χ1v) is 7.00. The highest BCUT2D eigenvalue weighted by Crippen LogP contribution is 2.38. The van der Waals surface area contributed by atoms with Crippen molar-refractivity contribution in [2.24, 2.45) is 0 Å². The summed E-state index contributed by atoms with van der Waals surface area (Å²) in [6, 6.07) is 3.23. The molecule has 4 N–H and O–H groups in total. The topological polar surface area (TPSA) is 96.7 Å². The van der Waals surface area contributed by atoms with Crippen LogP contribution >= 0.6 is 0 Å². The summed E-state index contributed by atoms with van der Waals surface area (Å²) < 4.78 is 5.34. The minimum atomic E-state index is -0.251. The molecule has 1 fully saturated rings. The van der Waals surface area contributed by atoms with Crippen molar-refractivity contribution in [2.75, 3.05) is 35.6 Å². The minimum Gasteiger partial charge on any atom is -0.482 e. The minimum absolute atomic E-state index is 0.00107. The van der Waals surface area contributed by atoms with Crippen LogP contribution in [0.15, 0.2) is 12.1 Å². The molecular weight excluding hydrogens is 272 g/mol. The lowest BCUT2D eigenvalue weighted by Crippen LogP contribution is -2.55. The molecule has 0 saturated carbocycles. The number of piperazine rings is 1. The predicted octanol–water partition coefficient (Wildman–Crippen LogP) is 0.314. The molecule has 0 aliphatic carbocycles. The molecule has 1 aromatic carbocycles. The Labute approximate surface area is 122 Å². The number of anilines is 3. The van der Waals surface area contributed by atoms with E-state index in [1.807, 2.05) is 11.8 Å². The highest BCUT2D eigenvalue weighted by Gasteiger charge is 2.30. The van der Waals surface area contributed by atoms with E-state index in [2.05, 4.69) is 10.6 Å². The Morgan fingerprint density at radius 2 is 2.24 bits per heavy atom. The number of amides is 2. The Kier molecular flexibility index (Phi) is 3.32. The Bertz CT molecular complexity index is 602. The maximum Gasteiger partial charge on any atom is 0.262 e. The molecule has 0 radical (unpaired) electrons. The molecule has 2 aliphatic heterocycles. The molecule has 7 heteroatoms. The Hall–Kier alpha value is -2.44. The molecule has 3 rings (SSSR count). The number of nitrogen functional groups attached to an aromatic ring is 1. The average molecular weight is 290 g/mol. The molecule has 7 nitrogen and oxygen atoms in total. The molecular formula is C14H18N4O3. The summed E-state index contributed by atoms with van der Waals surface area (Å²) in [7, 11) is 0. The van der Waals surface area contributed by atoms with Gasteiger partial charge in [-0.1, -0.05) is 6.92 Å². The van der Waals surface area contributed by atoms with E-state index in [0.717, 1.165) is 5.69 Å². The number of carbonyl (C=O) groups is 2. The second-order valence-corrected chi connectivity index (χ2v) is 5.15. The van der Waals surface area contributed by atoms with E-state index in [1.165, 1.54) is 0 Å². The van der Waals surface area contributed by atoms with Gasteiger partial charge >= 0.3 is 0 Å². The van der Waals surface area contributed by atoms with Gasteiger partial charge in [-0.25, -0.2) is 0 Å². The van der Waals surface area contributed by atoms with Crippen LogP contribution in [0, 0.1) is 0 Å². The number of carbonyl (C=O) groups excluding carboxylic acids is 2. The smallest absolute Gasteiger partial charge is 0.262 e. The SMILES string of the molecule is CCC1C(=O)NCCN1c1cc2c(cc1N)OCC(=O)N2. The fraction of sp³-hybridized carbons (Fsp3) is 0.429. The molecule has 1 atom stereocenters. The standard InChI is InChI=1S/C14H18N4O3/c1-2-10-14(20)16-3-4-18(10)11-6-9-12(5-8(11)15)21-7-13(19)17-9/h5-6,10H,2-4,7,15H2,1H3,(H,16,20)(H,17,19). The molecule has 1 aromatic rings. The molecule has 0 bridgehead atoms. The van der Waals surface area contributed by atoms with Crippen molar-refractivity contribution in [3.63, 3.8) is 0 Å². The fourth-order valence-electron chi connectivity index (χ4n) is 2.79. The second kappa shape index (κ2) is 5.16. The van der Waals surface area contributed by atoms with Crippen LogP contribution in [0.1, 0.15) is 13.3 Å². The first kappa shape index (κ1) is 13.5. The molecule has 1 unspecified atom stereocenters. The third-order valence-corrected chi connectivity index (χ3v) is 3.79. The van der Waals surface area contributed by atoms with Crippen LogP contribution < -0.4 is 26.0 Å². The molecule has 2 aliphatic rings. The first-order valence-electron chi connectivity index (χ1n) is 7.00. The summed E-state index contributed by atoms with van der Waals surface area (Å²) >= 11 is 0. The van der Waals surface area contributed by atoms with E-state index >= 15 is 0 Å². The third kappa shape index (κ3) is 2.35. The van der Waals surface area contributed by atoms with Gasteiger partial charge < -0.3 is 26.0 Å². The lowest BCUT2D eigenvalue weighted by molar-refractivity contribution is -0.123. The van der Waals surface area contributed by atoms with Crippen LogP contribution in [-0.2, 0) is 9.59 Å². The van der Waals surface area contributed by atoms with E-state index in [9.17, 15) is 9.59 Å². The number of ether oxygens (including phenoxy) is 1. The van der Waals surface area contributed by atoms with E-state index in [0.29, 0.717) is 36.6 Å². The molecule has 1 saturated heterocycles. The van der Waals surface area contributed by atoms with Crippen LogP contribution in [0.5, 0.6) is 5.75 Å². The molecule has 21 heavy (non-hydrogen) atoms. The van der Waals surface area contributed by atoms with Crippen molar-refractivity contribution >= 4 is 28.9 Å². The third-order valence-electron chi connectivity index (χ3n) is 3.79. The summed E-state index contributed by atoms with van der Waals surface area (Å²) in [4.78, 5) is 25.4. The largest absolute Gasteiger partial charge is 0.482 e. The molecule has 0 aromatic heterocycles. The number of fused-ring (bicyclic) bond motifs is 1. The van der Waals surface area contributed by atoms with Crippen LogP contribution in [-0.4, -0.2) is 37.6 Å². The summed E-state index contributed by atoms with van der Waals surface area (Å²) in [5.74, 6) is 0.369. The van der Waals surface area contributed by atoms with Crippen LogP contribution in [0.4, 0.5) is 17.1 Å².